The lowest BCUT2D eigenvalue weighted by Crippen LogP contribution is -2.11. The van der Waals surface area contributed by atoms with Crippen LogP contribution in [0.1, 0.15) is 32.6 Å². The van der Waals surface area contributed by atoms with Crippen LogP contribution in [0.25, 0.3) is 0 Å². The lowest BCUT2D eigenvalue weighted by molar-refractivity contribution is -0.137. The lowest BCUT2D eigenvalue weighted by Gasteiger charge is -2.09. The van der Waals surface area contributed by atoms with Gasteiger partial charge < -0.3 is 10.2 Å². The zero-order valence-corrected chi connectivity index (χ0v) is 7.92. The van der Waals surface area contributed by atoms with E-state index in [1.165, 1.54) is 0 Å². The number of aliphatic hydroxyl groups is 1. The van der Waals surface area contributed by atoms with Gasteiger partial charge in [0.05, 0.1) is 12.5 Å². The fourth-order valence-corrected chi connectivity index (χ4v) is 1.13. The van der Waals surface area contributed by atoms with Crippen LogP contribution in [0.2, 0.25) is 0 Å². The zero-order valence-electron chi connectivity index (χ0n) is 7.16. The number of halogens is 1. The van der Waals surface area contributed by atoms with E-state index in [-0.39, 0.29) is 17.9 Å². The van der Waals surface area contributed by atoms with E-state index in [2.05, 4.69) is 0 Å². The molecule has 0 rings (SSSR count). The highest BCUT2D eigenvalue weighted by Crippen LogP contribution is 2.12. The predicted molar refractivity (Wildman–Crippen MR) is 47.4 cm³/mol. The molecule has 4 heteroatoms. The number of alkyl halides is 1. The Bertz CT molecular complexity index is 138. The molecule has 0 aliphatic rings. The van der Waals surface area contributed by atoms with Crippen LogP contribution in [0.4, 0.5) is 0 Å². The predicted octanol–water partition coefficient (Wildman–Crippen LogP) is 1.62. The summed E-state index contributed by atoms with van der Waals surface area (Å²) in [5, 5.41) is 17.1. The summed E-state index contributed by atoms with van der Waals surface area (Å²) in [6.45, 7) is 1.88. The van der Waals surface area contributed by atoms with Gasteiger partial charge in [-0.2, -0.15) is 0 Å². The molecule has 3 nitrogen and oxygen atoms in total. The molecule has 0 aliphatic carbocycles. The summed E-state index contributed by atoms with van der Waals surface area (Å²) in [4.78, 5) is 10.2. The van der Waals surface area contributed by atoms with Gasteiger partial charge in [-0.15, -0.1) is 11.6 Å². The Morgan fingerprint density at radius 2 is 2.08 bits per heavy atom. The smallest absolute Gasteiger partial charge is 0.304 e. The molecule has 0 saturated carbocycles. The standard InChI is InChI=1S/C8H15ClO3/c1-2-7(10)4-3-6(9)5-8(11)12/h6-7,10H,2-5H2,1H3,(H,11,12). The molecule has 0 bridgehead atoms. The van der Waals surface area contributed by atoms with Gasteiger partial charge in [-0.05, 0) is 19.3 Å². The second kappa shape index (κ2) is 6.26. The second-order valence-corrected chi connectivity index (χ2v) is 3.45. The Balaban J connectivity index is 3.43. The highest BCUT2D eigenvalue weighted by atomic mass is 35.5. The van der Waals surface area contributed by atoms with E-state index in [1.54, 1.807) is 0 Å². The van der Waals surface area contributed by atoms with Crippen molar-refractivity contribution in [3.63, 3.8) is 0 Å². The molecule has 0 aromatic carbocycles. The summed E-state index contributed by atoms with van der Waals surface area (Å²) in [6, 6.07) is 0. The molecular formula is C8H15ClO3. The number of carboxylic acid groups (broad SMARTS) is 1. The molecule has 0 radical (unpaired) electrons. The SMILES string of the molecule is CCC(O)CCC(Cl)CC(=O)O. The first-order chi connectivity index (χ1) is 5.56. The van der Waals surface area contributed by atoms with E-state index in [0.717, 1.165) is 0 Å². The summed E-state index contributed by atoms with van der Waals surface area (Å²) in [5.41, 5.74) is 0. The molecule has 72 valence electrons. The summed E-state index contributed by atoms with van der Waals surface area (Å²) >= 11 is 5.68. The third kappa shape index (κ3) is 6.43. The first-order valence-corrected chi connectivity index (χ1v) is 4.53. The van der Waals surface area contributed by atoms with Crippen molar-refractivity contribution >= 4 is 17.6 Å². The number of aliphatic hydroxyl groups excluding tert-OH is 1. The maximum Gasteiger partial charge on any atom is 0.304 e. The van der Waals surface area contributed by atoms with Gasteiger partial charge >= 0.3 is 5.97 Å². The highest BCUT2D eigenvalue weighted by molar-refractivity contribution is 6.21. The normalized spacial score (nSPS) is 15.6. The van der Waals surface area contributed by atoms with Crippen LogP contribution in [-0.2, 0) is 4.79 Å². The third-order valence-electron chi connectivity index (χ3n) is 1.68. The molecule has 2 unspecified atom stereocenters. The summed E-state index contributed by atoms with van der Waals surface area (Å²) in [5.74, 6) is -0.888. The van der Waals surface area contributed by atoms with Gasteiger partial charge in [0.25, 0.3) is 0 Å². The van der Waals surface area contributed by atoms with Crippen molar-refractivity contribution in [2.75, 3.05) is 0 Å². The summed E-state index contributed by atoms with van der Waals surface area (Å²) in [7, 11) is 0. The van der Waals surface area contributed by atoms with Gasteiger partial charge in [0.15, 0.2) is 0 Å². The quantitative estimate of drug-likeness (QED) is 0.632. The minimum absolute atomic E-state index is 0.0298. The van der Waals surface area contributed by atoms with Crippen molar-refractivity contribution < 1.29 is 15.0 Å². The van der Waals surface area contributed by atoms with Crippen LogP contribution >= 0.6 is 11.6 Å². The number of aliphatic carboxylic acids is 1. The van der Waals surface area contributed by atoms with Crippen LogP contribution in [0, 0.1) is 0 Å². The number of rotatable bonds is 6. The maximum atomic E-state index is 10.2. The van der Waals surface area contributed by atoms with Gasteiger partial charge in [-0.3, -0.25) is 4.79 Å². The van der Waals surface area contributed by atoms with Gasteiger partial charge in [-0.25, -0.2) is 0 Å². The van der Waals surface area contributed by atoms with Crippen LogP contribution in [0.15, 0.2) is 0 Å². The van der Waals surface area contributed by atoms with Gasteiger partial charge in [0.2, 0.25) is 0 Å². The van der Waals surface area contributed by atoms with Crippen molar-refractivity contribution in [2.24, 2.45) is 0 Å². The van der Waals surface area contributed by atoms with Crippen LogP contribution in [-0.4, -0.2) is 27.7 Å². The van der Waals surface area contributed by atoms with E-state index in [9.17, 15) is 4.79 Å². The number of hydrogen-bond acceptors (Lipinski definition) is 2. The van der Waals surface area contributed by atoms with E-state index in [4.69, 9.17) is 21.8 Å². The van der Waals surface area contributed by atoms with Crippen molar-refractivity contribution in [2.45, 2.75) is 44.1 Å². The van der Waals surface area contributed by atoms with Gasteiger partial charge in [0.1, 0.15) is 0 Å². The van der Waals surface area contributed by atoms with E-state index in [1.807, 2.05) is 6.92 Å². The fraction of sp³-hybridized carbons (Fsp3) is 0.875. The molecule has 12 heavy (non-hydrogen) atoms. The molecule has 2 atom stereocenters. The van der Waals surface area contributed by atoms with E-state index in [0.29, 0.717) is 19.3 Å². The number of carbonyl (C=O) groups is 1. The molecule has 0 heterocycles. The Morgan fingerprint density at radius 3 is 2.50 bits per heavy atom. The third-order valence-corrected chi connectivity index (χ3v) is 2.05. The topological polar surface area (TPSA) is 57.5 Å². The molecule has 0 aromatic heterocycles. The molecular weight excluding hydrogens is 180 g/mol. The Labute approximate surface area is 77.3 Å². The molecule has 0 saturated heterocycles. The molecule has 2 N–H and O–H groups in total. The second-order valence-electron chi connectivity index (χ2n) is 2.83. The molecule has 0 aliphatic heterocycles. The average molecular weight is 195 g/mol. The van der Waals surface area contributed by atoms with Gasteiger partial charge in [0, 0.05) is 5.38 Å². The van der Waals surface area contributed by atoms with Crippen LogP contribution in [0.5, 0.6) is 0 Å². The van der Waals surface area contributed by atoms with Crippen molar-refractivity contribution in [1.29, 1.82) is 0 Å². The lowest BCUT2D eigenvalue weighted by atomic mass is 10.1. The largest absolute Gasteiger partial charge is 0.481 e. The molecule has 0 aromatic rings. The Kier molecular flexibility index (Phi) is 6.11. The summed E-state index contributed by atoms with van der Waals surface area (Å²) < 4.78 is 0. The van der Waals surface area contributed by atoms with Crippen molar-refractivity contribution in [1.82, 2.24) is 0 Å². The van der Waals surface area contributed by atoms with Crippen molar-refractivity contribution in [3.05, 3.63) is 0 Å². The van der Waals surface area contributed by atoms with Crippen molar-refractivity contribution in [3.8, 4) is 0 Å². The minimum atomic E-state index is -0.888. The monoisotopic (exact) mass is 194 g/mol. The maximum absolute atomic E-state index is 10.2. The van der Waals surface area contributed by atoms with Gasteiger partial charge in [-0.1, -0.05) is 6.92 Å². The summed E-state index contributed by atoms with van der Waals surface area (Å²) in [6.07, 6.45) is 1.45. The number of hydrogen-bond donors (Lipinski definition) is 2. The fourth-order valence-electron chi connectivity index (χ4n) is 0.869. The Morgan fingerprint density at radius 1 is 1.50 bits per heavy atom. The molecule has 0 amide bonds. The van der Waals surface area contributed by atoms with Crippen LogP contribution < -0.4 is 0 Å². The first kappa shape index (κ1) is 11.7. The average Bonchev–Trinajstić information content (AvgIpc) is 1.99. The van der Waals surface area contributed by atoms with E-state index < -0.39 is 5.97 Å². The molecule has 0 fully saturated rings. The zero-order chi connectivity index (χ0) is 9.56. The first-order valence-electron chi connectivity index (χ1n) is 4.10. The minimum Gasteiger partial charge on any atom is -0.481 e. The van der Waals surface area contributed by atoms with Crippen LogP contribution in [0.3, 0.4) is 0 Å². The Hall–Kier alpha value is -0.280. The highest BCUT2D eigenvalue weighted by Gasteiger charge is 2.11. The number of carboxylic acids is 1. The van der Waals surface area contributed by atoms with E-state index >= 15 is 0 Å². The molecule has 0 spiro atoms.